The molecule has 0 saturated heterocycles. The summed E-state index contributed by atoms with van der Waals surface area (Å²) in [6.07, 6.45) is 1.93. The second kappa shape index (κ2) is 11.4. The number of nitrogens with one attached hydrogen (secondary N) is 2. The normalized spacial score (nSPS) is 18.7. The van der Waals surface area contributed by atoms with E-state index in [1.165, 1.54) is 5.56 Å². The molecule has 206 valence electrons. The molecule has 0 fully saturated rings. The highest BCUT2D eigenvalue weighted by molar-refractivity contribution is 6.10. The number of benzene rings is 3. The average molecular weight is 537 g/mol. The molecule has 2 N–H and O–H groups in total. The summed E-state index contributed by atoms with van der Waals surface area (Å²) in [6, 6.07) is 21.8. The third kappa shape index (κ3) is 5.26. The zero-order chi connectivity index (χ0) is 28.4. The number of anilines is 1. The van der Waals surface area contributed by atoms with Crippen molar-refractivity contribution in [1.82, 2.24) is 5.32 Å². The highest BCUT2D eigenvalue weighted by Gasteiger charge is 2.41. The molecule has 0 bridgehead atoms. The number of methoxy groups -OCH3 is 2. The first-order valence-corrected chi connectivity index (χ1v) is 13.8. The lowest BCUT2D eigenvalue weighted by Gasteiger charge is -2.37. The number of aryl methyl sites for hydroxylation is 2. The average Bonchev–Trinajstić information content (AvgIpc) is 2.97. The molecule has 0 spiro atoms. The largest absolute Gasteiger partial charge is 0.493 e. The summed E-state index contributed by atoms with van der Waals surface area (Å²) in [5, 5.41) is 6.53. The highest BCUT2D eigenvalue weighted by atomic mass is 16.5. The van der Waals surface area contributed by atoms with Crippen LogP contribution >= 0.6 is 0 Å². The minimum atomic E-state index is -0.452. The zero-order valence-electron chi connectivity index (χ0n) is 23.8. The molecule has 1 aliphatic carbocycles. The van der Waals surface area contributed by atoms with Crippen molar-refractivity contribution >= 4 is 17.4 Å². The lowest BCUT2D eigenvalue weighted by atomic mass is 9.71. The molecule has 3 aromatic carbocycles. The summed E-state index contributed by atoms with van der Waals surface area (Å²) in [5.74, 6) is 0.668. The maximum Gasteiger partial charge on any atom is 0.254 e. The van der Waals surface area contributed by atoms with E-state index in [9.17, 15) is 9.59 Å². The fourth-order valence-electron chi connectivity index (χ4n) is 5.80. The van der Waals surface area contributed by atoms with Crippen LogP contribution in [0.4, 0.5) is 5.69 Å². The number of hydrogen-bond donors (Lipinski definition) is 2. The highest BCUT2D eigenvalue weighted by Crippen LogP contribution is 2.46. The Hall–Kier alpha value is -4.32. The molecule has 0 unspecified atom stereocenters. The van der Waals surface area contributed by atoms with Gasteiger partial charge in [-0.1, -0.05) is 55.0 Å². The Labute approximate surface area is 236 Å². The minimum Gasteiger partial charge on any atom is -0.493 e. The van der Waals surface area contributed by atoms with Crippen LogP contribution in [-0.2, 0) is 16.0 Å². The molecule has 6 heteroatoms. The molecule has 40 heavy (non-hydrogen) atoms. The van der Waals surface area contributed by atoms with Crippen molar-refractivity contribution in [3.63, 3.8) is 0 Å². The Kier molecular flexibility index (Phi) is 7.78. The molecule has 2 atom stereocenters. The summed E-state index contributed by atoms with van der Waals surface area (Å²) in [6.45, 7) is 6.05. The van der Waals surface area contributed by atoms with E-state index in [4.69, 9.17) is 9.47 Å². The van der Waals surface area contributed by atoms with Crippen molar-refractivity contribution in [3.05, 3.63) is 112 Å². The van der Waals surface area contributed by atoms with E-state index in [-0.39, 0.29) is 17.6 Å². The van der Waals surface area contributed by atoms with Crippen molar-refractivity contribution in [2.24, 2.45) is 0 Å². The van der Waals surface area contributed by atoms with Crippen molar-refractivity contribution in [2.45, 2.75) is 51.9 Å². The predicted molar refractivity (Wildman–Crippen MR) is 158 cm³/mol. The molecular formula is C34H36N2O4. The Morgan fingerprint density at radius 2 is 1.57 bits per heavy atom. The molecule has 1 amide bonds. The van der Waals surface area contributed by atoms with Gasteiger partial charge in [-0.25, -0.2) is 0 Å². The summed E-state index contributed by atoms with van der Waals surface area (Å²) in [4.78, 5) is 27.8. The van der Waals surface area contributed by atoms with Gasteiger partial charge in [-0.05, 0) is 73.6 Å². The summed E-state index contributed by atoms with van der Waals surface area (Å²) in [5.41, 5.74) is 7.90. The molecule has 6 nitrogen and oxygen atoms in total. The summed E-state index contributed by atoms with van der Waals surface area (Å²) < 4.78 is 10.9. The first-order chi connectivity index (χ1) is 19.3. The van der Waals surface area contributed by atoms with Crippen LogP contribution in [0, 0.1) is 6.92 Å². The SMILES string of the molecule is CCc1ccc([C@@H]2C(C(=O)Nc3ccc(C)cc3)=C(C)NC3=C2C(=O)C[C@@H](c2ccc(OC)c(OC)c2)C3)cc1. The van der Waals surface area contributed by atoms with Crippen LogP contribution in [0.3, 0.4) is 0 Å². The summed E-state index contributed by atoms with van der Waals surface area (Å²) >= 11 is 0. The Morgan fingerprint density at radius 1 is 0.900 bits per heavy atom. The van der Waals surface area contributed by atoms with Gasteiger partial charge >= 0.3 is 0 Å². The molecular weight excluding hydrogens is 500 g/mol. The molecule has 1 aliphatic heterocycles. The van der Waals surface area contributed by atoms with Crippen molar-refractivity contribution < 1.29 is 19.1 Å². The number of carbonyl (C=O) groups excluding carboxylic acids is 2. The van der Waals surface area contributed by atoms with Gasteiger partial charge in [0.2, 0.25) is 0 Å². The number of hydrogen-bond acceptors (Lipinski definition) is 5. The van der Waals surface area contributed by atoms with Crippen LogP contribution in [0.15, 0.2) is 89.3 Å². The topological polar surface area (TPSA) is 76.7 Å². The molecule has 0 aromatic heterocycles. The molecule has 0 saturated carbocycles. The van der Waals surface area contributed by atoms with E-state index in [1.807, 2.05) is 56.3 Å². The van der Waals surface area contributed by atoms with E-state index in [0.29, 0.717) is 35.5 Å². The number of ether oxygens (including phenoxy) is 2. The second-order valence-electron chi connectivity index (χ2n) is 10.5. The van der Waals surface area contributed by atoms with E-state index in [2.05, 4.69) is 41.8 Å². The third-order valence-corrected chi connectivity index (χ3v) is 7.98. The van der Waals surface area contributed by atoms with E-state index < -0.39 is 5.92 Å². The monoisotopic (exact) mass is 536 g/mol. The van der Waals surface area contributed by atoms with E-state index in [1.54, 1.807) is 14.2 Å². The second-order valence-corrected chi connectivity index (χ2v) is 10.5. The smallest absolute Gasteiger partial charge is 0.254 e. The zero-order valence-corrected chi connectivity index (χ0v) is 23.8. The van der Waals surface area contributed by atoms with Crippen LogP contribution in [0.5, 0.6) is 11.5 Å². The molecule has 2 aliphatic rings. The number of allylic oxidation sites excluding steroid dienone is 3. The van der Waals surface area contributed by atoms with E-state index >= 15 is 0 Å². The number of dihydropyridines is 1. The summed E-state index contributed by atoms with van der Waals surface area (Å²) in [7, 11) is 3.22. The van der Waals surface area contributed by atoms with Gasteiger partial charge in [-0.3, -0.25) is 9.59 Å². The van der Waals surface area contributed by atoms with Crippen LogP contribution in [0.2, 0.25) is 0 Å². The molecule has 1 heterocycles. The van der Waals surface area contributed by atoms with Gasteiger partial charge in [0.1, 0.15) is 0 Å². The minimum absolute atomic E-state index is 0.0163. The number of amides is 1. The van der Waals surface area contributed by atoms with Gasteiger partial charge < -0.3 is 20.1 Å². The predicted octanol–water partition coefficient (Wildman–Crippen LogP) is 6.57. The maximum atomic E-state index is 14.0. The van der Waals surface area contributed by atoms with Crippen LogP contribution in [0.1, 0.15) is 60.8 Å². The van der Waals surface area contributed by atoms with Gasteiger partial charge in [0.05, 0.1) is 14.2 Å². The van der Waals surface area contributed by atoms with Crippen molar-refractivity contribution in [1.29, 1.82) is 0 Å². The lowest BCUT2D eigenvalue weighted by Crippen LogP contribution is -2.37. The number of carbonyl (C=O) groups is 2. The van der Waals surface area contributed by atoms with Gasteiger partial charge in [-0.2, -0.15) is 0 Å². The fourth-order valence-corrected chi connectivity index (χ4v) is 5.80. The number of rotatable bonds is 7. The van der Waals surface area contributed by atoms with E-state index in [0.717, 1.165) is 40.2 Å². The Bertz CT molecular complexity index is 1500. The first-order valence-electron chi connectivity index (χ1n) is 13.8. The standard InChI is InChI=1S/C34H36N2O4/c1-6-22-9-11-23(12-10-22)32-31(34(38)36-26-14-7-20(2)8-15-26)21(3)35-27-17-25(18-28(37)33(27)32)24-13-16-29(39-4)30(19-24)40-5/h7-16,19,25,32,35H,6,17-18H2,1-5H3,(H,36,38)/t25-,32+/m0/s1. The first kappa shape index (κ1) is 27.3. The molecule has 5 rings (SSSR count). The quantitative estimate of drug-likeness (QED) is 0.357. The molecule has 3 aromatic rings. The van der Waals surface area contributed by atoms with Crippen LogP contribution in [-0.4, -0.2) is 25.9 Å². The van der Waals surface area contributed by atoms with Crippen LogP contribution < -0.4 is 20.1 Å². The van der Waals surface area contributed by atoms with Crippen molar-refractivity contribution in [2.75, 3.05) is 19.5 Å². The van der Waals surface area contributed by atoms with Gasteiger partial charge in [0, 0.05) is 40.6 Å². The lowest BCUT2D eigenvalue weighted by molar-refractivity contribution is -0.116. The maximum absolute atomic E-state index is 14.0. The third-order valence-electron chi connectivity index (χ3n) is 7.98. The number of ketones is 1. The fraction of sp³-hybridized carbons (Fsp3) is 0.294. The molecule has 0 radical (unpaired) electrons. The van der Waals surface area contributed by atoms with Gasteiger partial charge in [-0.15, -0.1) is 0 Å². The van der Waals surface area contributed by atoms with Crippen LogP contribution in [0.25, 0.3) is 0 Å². The Balaban J connectivity index is 1.54. The Morgan fingerprint density at radius 3 is 2.23 bits per heavy atom. The van der Waals surface area contributed by atoms with Crippen molar-refractivity contribution in [3.8, 4) is 11.5 Å². The number of Topliss-reactive ketones (excluding diaryl/α,β-unsaturated/α-hetero) is 1. The van der Waals surface area contributed by atoms with Gasteiger partial charge in [0.15, 0.2) is 17.3 Å². The van der Waals surface area contributed by atoms with Gasteiger partial charge in [0.25, 0.3) is 5.91 Å².